The van der Waals surface area contributed by atoms with Gasteiger partial charge in [0.15, 0.2) is 0 Å². The van der Waals surface area contributed by atoms with Crippen molar-refractivity contribution in [2.45, 2.75) is 44.5 Å². The number of anilines is 1. The first-order valence-electron chi connectivity index (χ1n) is 14.8. The third-order valence-electron chi connectivity index (χ3n) is 8.52. The molecule has 2 aliphatic rings. The average molecular weight is 601 g/mol. The summed E-state index contributed by atoms with van der Waals surface area (Å²) in [5.41, 5.74) is 3.82. The summed E-state index contributed by atoms with van der Waals surface area (Å²) in [5, 5.41) is 18.5. The number of carbonyl (C=O) groups is 1. The average Bonchev–Trinajstić information content (AvgIpc) is 3.56. The molecule has 0 radical (unpaired) electrons. The van der Waals surface area contributed by atoms with Crippen molar-refractivity contribution in [2.75, 3.05) is 49.1 Å². The van der Waals surface area contributed by atoms with Crippen LogP contribution in [0.1, 0.15) is 36.7 Å². The zero-order chi connectivity index (χ0) is 30.2. The fourth-order valence-electron chi connectivity index (χ4n) is 5.67. The van der Waals surface area contributed by atoms with Crippen molar-refractivity contribution >= 4 is 32.7 Å². The number of amides is 1. The van der Waals surface area contributed by atoms with Crippen LogP contribution in [-0.4, -0.2) is 80.5 Å². The molecule has 226 valence electrons. The number of nitrogens with one attached hydrogen (secondary N) is 1. The van der Waals surface area contributed by atoms with Crippen LogP contribution >= 0.6 is 10.0 Å². The van der Waals surface area contributed by atoms with Gasteiger partial charge in [0, 0.05) is 54.4 Å². The molecule has 5 heterocycles. The van der Waals surface area contributed by atoms with E-state index in [1.54, 1.807) is 12.3 Å². The molecular formula is C32H40N8O2S. The molecule has 0 bridgehead atoms. The number of pyridine rings is 2. The van der Waals surface area contributed by atoms with E-state index >= 15 is 0 Å². The van der Waals surface area contributed by atoms with Crippen LogP contribution in [0.15, 0.2) is 55.2 Å². The summed E-state index contributed by atoms with van der Waals surface area (Å²) in [6, 6.07) is 10.3. The number of nitrogens with zero attached hydrogens (tertiary/aromatic N) is 7. The molecule has 6 rings (SSSR count). The molecule has 43 heavy (non-hydrogen) atoms. The van der Waals surface area contributed by atoms with E-state index in [0.29, 0.717) is 37.9 Å². The summed E-state index contributed by atoms with van der Waals surface area (Å²) in [6.07, 6.45) is 19.1. The zero-order valence-corrected chi connectivity index (χ0v) is 26.2. The molecule has 1 saturated carbocycles. The Morgan fingerprint density at radius 2 is 2.00 bits per heavy atom. The van der Waals surface area contributed by atoms with Crippen molar-refractivity contribution in [1.82, 2.24) is 29.6 Å². The summed E-state index contributed by atoms with van der Waals surface area (Å²) < 4.78 is 9.95. The minimum Gasteiger partial charge on any atom is -0.365 e. The minimum atomic E-state index is -0.591. The van der Waals surface area contributed by atoms with E-state index in [-0.39, 0.29) is 11.9 Å². The molecule has 0 spiro atoms. The van der Waals surface area contributed by atoms with E-state index < -0.39 is 15.6 Å². The summed E-state index contributed by atoms with van der Waals surface area (Å²) >= 11 is 0. The van der Waals surface area contributed by atoms with E-state index in [4.69, 9.17) is 9.84 Å². The fourth-order valence-corrected chi connectivity index (χ4v) is 6.29. The van der Waals surface area contributed by atoms with Gasteiger partial charge < -0.3 is 19.5 Å². The topological polar surface area (TPSA) is 114 Å². The molecule has 1 saturated heterocycles. The van der Waals surface area contributed by atoms with Gasteiger partial charge in [-0.05, 0) is 74.3 Å². The largest absolute Gasteiger partial charge is 0.365 e. The lowest BCUT2D eigenvalue weighted by Gasteiger charge is -2.50. The van der Waals surface area contributed by atoms with Crippen LogP contribution in [0.25, 0.3) is 22.2 Å². The third kappa shape index (κ3) is 6.26. The number of fused-ring (bicyclic) bond motifs is 1. The first-order valence-corrected chi connectivity index (χ1v) is 17.8. The summed E-state index contributed by atoms with van der Waals surface area (Å²) in [6.45, 7) is 4.51. The lowest BCUT2D eigenvalue weighted by atomic mass is 9.86. The first-order chi connectivity index (χ1) is 20.7. The Hall–Kier alpha value is -3.88. The summed E-state index contributed by atoms with van der Waals surface area (Å²) in [5.74, 6) is 1.53. The molecule has 0 unspecified atom stereocenters. The molecule has 11 heteroatoms. The Kier molecular flexibility index (Phi) is 7.92. The summed E-state index contributed by atoms with van der Waals surface area (Å²) in [4.78, 5) is 23.8. The lowest BCUT2D eigenvalue weighted by molar-refractivity contribution is 0.0923. The van der Waals surface area contributed by atoms with Gasteiger partial charge in [-0.25, -0.2) is 20.0 Å². The van der Waals surface area contributed by atoms with Gasteiger partial charge in [0.25, 0.3) is 5.91 Å². The first kappa shape index (κ1) is 29.2. The van der Waals surface area contributed by atoms with Crippen LogP contribution in [0.5, 0.6) is 0 Å². The zero-order valence-electron chi connectivity index (χ0n) is 25.4. The van der Waals surface area contributed by atoms with E-state index in [1.165, 1.54) is 12.8 Å². The molecule has 1 aliphatic heterocycles. The number of nitriles is 1. The number of rotatable bonds is 12. The second kappa shape index (κ2) is 11.7. The van der Waals surface area contributed by atoms with Crippen LogP contribution in [0.3, 0.4) is 0 Å². The molecule has 1 N–H and O–H groups in total. The summed E-state index contributed by atoms with van der Waals surface area (Å²) in [7, 11) is -0.591. The van der Waals surface area contributed by atoms with Gasteiger partial charge in [0.05, 0.1) is 37.2 Å². The fraction of sp³-hybridized carbons (Fsp3) is 0.469. The van der Waals surface area contributed by atoms with E-state index in [2.05, 4.69) is 58.0 Å². The van der Waals surface area contributed by atoms with E-state index in [1.807, 2.05) is 46.2 Å². The van der Waals surface area contributed by atoms with Crippen molar-refractivity contribution in [3.05, 3.63) is 60.9 Å². The molecule has 10 nitrogen and oxygen atoms in total. The van der Waals surface area contributed by atoms with Crippen LogP contribution < -0.4 is 10.2 Å². The Bertz CT molecular complexity index is 1640. The molecular weight excluding hydrogens is 560 g/mol. The van der Waals surface area contributed by atoms with Crippen molar-refractivity contribution in [3.8, 4) is 17.2 Å². The van der Waals surface area contributed by atoms with Crippen LogP contribution in [0, 0.1) is 17.2 Å². The standard InChI is InChI=1S/C32H40N8O2S/c1-23(24-5-6-24)37-31(41)29-8-7-26(18-35-29)39-20-32(21-39,11-12-33)40-19-25(17-36-40)27-9-13-34-30-28(27)10-14-38(30)22-42-15-16-43(2,3)4/h7-10,13-14,17-19,23-24H,5-6,11,15-16,20-22H2,1-4H3,(H,37,41)/t23-/m0/s1. The van der Waals surface area contributed by atoms with Crippen LogP contribution in [0.2, 0.25) is 0 Å². The van der Waals surface area contributed by atoms with Gasteiger partial charge in [-0.15, -0.1) is 0 Å². The third-order valence-corrected chi connectivity index (χ3v) is 9.92. The maximum atomic E-state index is 12.6. The van der Waals surface area contributed by atoms with E-state index in [9.17, 15) is 10.1 Å². The second-order valence-corrected chi connectivity index (χ2v) is 17.4. The van der Waals surface area contributed by atoms with Gasteiger partial charge in [-0.2, -0.15) is 10.4 Å². The minimum absolute atomic E-state index is 0.132. The van der Waals surface area contributed by atoms with E-state index in [0.717, 1.165) is 40.2 Å². The van der Waals surface area contributed by atoms with Gasteiger partial charge >= 0.3 is 0 Å². The Balaban J connectivity index is 1.14. The van der Waals surface area contributed by atoms with Gasteiger partial charge in [-0.1, -0.05) is 0 Å². The molecule has 2 fully saturated rings. The molecule has 1 amide bonds. The normalized spacial score (nSPS) is 17.3. The highest BCUT2D eigenvalue weighted by atomic mass is 32.3. The highest BCUT2D eigenvalue weighted by Crippen LogP contribution is 2.38. The maximum absolute atomic E-state index is 12.6. The van der Waals surface area contributed by atoms with Crippen molar-refractivity contribution in [3.63, 3.8) is 0 Å². The molecule has 1 aliphatic carbocycles. The predicted molar refractivity (Wildman–Crippen MR) is 171 cm³/mol. The Labute approximate surface area is 254 Å². The second-order valence-electron chi connectivity index (χ2n) is 12.8. The number of hydrogen-bond donors (Lipinski definition) is 1. The molecule has 4 aromatic heterocycles. The van der Waals surface area contributed by atoms with Crippen molar-refractivity contribution < 1.29 is 9.53 Å². The monoisotopic (exact) mass is 600 g/mol. The number of carbonyl (C=O) groups excluding carboxylic acids is 1. The maximum Gasteiger partial charge on any atom is 0.270 e. The lowest BCUT2D eigenvalue weighted by Crippen LogP contribution is -2.63. The Morgan fingerprint density at radius 3 is 2.70 bits per heavy atom. The highest BCUT2D eigenvalue weighted by molar-refractivity contribution is 8.32. The molecule has 4 aromatic rings. The van der Waals surface area contributed by atoms with Crippen molar-refractivity contribution in [1.29, 1.82) is 5.26 Å². The highest BCUT2D eigenvalue weighted by Gasteiger charge is 2.46. The smallest absolute Gasteiger partial charge is 0.270 e. The molecule has 1 atom stereocenters. The van der Waals surface area contributed by atoms with Crippen LogP contribution in [0.4, 0.5) is 5.69 Å². The van der Waals surface area contributed by atoms with Gasteiger partial charge in [0.1, 0.15) is 23.6 Å². The Morgan fingerprint density at radius 1 is 1.19 bits per heavy atom. The predicted octanol–water partition coefficient (Wildman–Crippen LogP) is 4.62. The SMILES string of the molecule is C[C@H](NC(=O)c1ccc(N2CC(CC#N)(n3cc(-c4ccnc5c4ccn5COCCS(C)(C)C)cn3)C2)cn1)C1CC1. The number of hydrogen-bond acceptors (Lipinski definition) is 7. The number of ether oxygens (including phenoxy) is 1. The van der Waals surface area contributed by atoms with Gasteiger partial charge in [-0.3, -0.25) is 9.48 Å². The quantitative estimate of drug-likeness (QED) is 0.236. The van der Waals surface area contributed by atoms with Crippen LogP contribution in [-0.2, 0) is 17.0 Å². The molecule has 0 aromatic carbocycles. The number of aromatic nitrogens is 5. The van der Waals surface area contributed by atoms with Gasteiger partial charge in [0.2, 0.25) is 0 Å². The van der Waals surface area contributed by atoms with Crippen molar-refractivity contribution in [2.24, 2.45) is 5.92 Å².